The third kappa shape index (κ3) is 4.17. The van der Waals surface area contributed by atoms with Gasteiger partial charge in [-0.25, -0.2) is 9.97 Å². The van der Waals surface area contributed by atoms with Crippen LogP contribution in [-0.4, -0.2) is 67.1 Å². The Bertz CT molecular complexity index is 1360. The van der Waals surface area contributed by atoms with Gasteiger partial charge in [-0.1, -0.05) is 12.1 Å². The maximum atomic E-state index is 13.0. The fourth-order valence-electron chi connectivity index (χ4n) is 3.95. The van der Waals surface area contributed by atoms with Crippen LogP contribution in [0, 0.1) is 6.92 Å². The van der Waals surface area contributed by atoms with Crippen molar-refractivity contribution in [2.75, 3.05) is 32.6 Å². The second kappa shape index (κ2) is 8.84. The van der Waals surface area contributed by atoms with Gasteiger partial charge in [-0.3, -0.25) is 18.6 Å². The predicted molar refractivity (Wildman–Crippen MR) is 126 cm³/mol. The van der Waals surface area contributed by atoms with Crippen molar-refractivity contribution in [2.24, 2.45) is 0 Å². The molecule has 3 aromatic heterocycles. The summed E-state index contributed by atoms with van der Waals surface area (Å²) < 4.78 is 19.5. The van der Waals surface area contributed by atoms with Gasteiger partial charge in [-0.2, -0.15) is 0 Å². The van der Waals surface area contributed by atoms with Crippen LogP contribution in [0.2, 0.25) is 0 Å². The van der Waals surface area contributed by atoms with E-state index in [1.165, 1.54) is 0 Å². The van der Waals surface area contributed by atoms with Gasteiger partial charge >= 0.3 is 0 Å². The molecular formula is C24H23N5O3S. The van der Waals surface area contributed by atoms with E-state index >= 15 is 0 Å². The lowest BCUT2D eigenvalue weighted by atomic mass is 10.1. The number of amides is 1. The summed E-state index contributed by atoms with van der Waals surface area (Å²) in [6, 6.07) is 11.3. The highest BCUT2D eigenvalue weighted by atomic mass is 32.2. The lowest BCUT2D eigenvalue weighted by molar-refractivity contribution is 0.0303. The summed E-state index contributed by atoms with van der Waals surface area (Å²) in [5, 5.41) is 0.808. The predicted octanol–water partition coefficient (Wildman–Crippen LogP) is 3.00. The molecule has 5 rings (SSSR count). The van der Waals surface area contributed by atoms with Crippen molar-refractivity contribution in [3.8, 4) is 17.2 Å². The molecule has 1 aliphatic rings. The number of carbonyl (C=O) groups excluding carboxylic acids is 1. The summed E-state index contributed by atoms with van der Waals surface area (Å²) in [5.74, 6) is 0.387. The molecule has 0 bridgehead atoms. The molecule has 9 heteroatoms. The van der Waals surface area contributed by atoms with Gasteiger partial charge in [0.25, 0.3) is 5.91 Å². The number of aryl methyl sites for hydroxylation is 1. The van der Waals surface area contributed by atoms with E-state index in [4.69, 9.17) is 4.74 Å². The van der Waals surface area contributed by atoms with E-state index in [1.807, 2.05) is 37.3 Å². The Morgan fingerprint density at radius 1 is 1.09 bits per heavy atom. The zero-order valence-corrected chi connectivity index (χ0v) is 19.2. The smallest absolute Gasteiger partial charge is 0.254 e. The zero-order chi connectivity index (χ0) is 22.9. The molecule has 0 saturated carbocycles. The van der Waals surface area contributed by atoms with Gasteiger partial charge in [-0.15, -0.1) is 0 Å². The first-order valence-corrected chi connectivity index (χ1v) is 12.2. The van der Waals surface area contributed by atoms with Crippen molar-refractivity contribution < 1.29 is 13.7 Å². The molecule has 1 amide bonds. The molecule has 4 aromatic rings. The van der Waals surface area contributed by atoms with E-state index in [9.17, 15) is 9.00 Å². The normalized spacial score (nSPS) is 15.0. The highest BCUT2D eigenvalue weighted by molar-refractivity contribution is 7.84. The minimum absolute atomic E-state index is 0.0473. The van der Waals surface area contributed by atoms with Gasteiger partial charge in [0.2, 0.25) is 5.95 Å². The van der Waals surface area contributed by atoms with E-state index in [0.29, 0.717) is 42.7 Å². The molecule has 0 radical (unpaired) electrons. The van der Waals surface area contributed by atoms with Gasteiger partial charge in [-0.05, 0) is 31.2 Å². The van der Waals surface area contributed by atoms with Crippen molar-refractivity contribution in [3.05, 3.63) is 66.2 Å². The Hall–Kier alpha value is -3.43. The minimum atomic E-state index is -1.21. The van der Waals surface area contributed by atoms with Crippen molar-refractivity contribution in [2.45, 2.75) is 11.8 Å². The fourth-order valence-corrected chi connectivity index (χ4v) is 4.69. The van der Waals surface area contributed by atoms with Crippen LogP contribution in [0.25, 0.3) is 28.1 Å². The highest BCUT2D eigenvalue weighted by Gasteiger charge is 2.21. The van der Waals surface area contributed by atoms with Gasteiger partial charge in [0.1, 0.15) is 0 Å². The molecule has 1 unspecified atom stereocenters. The first-order valence-electron chi connectivity index (χ1n) is 10.6. The van der Waals surface area contributed by atoms with Crippen LogP contribution in [0.4, 0.5) is 0 Å². The molecule has 1 atom stereocenters. The molecule has 33 heavy (non-hydrogen) atoms. The van der Waals surface area contributed by atoms with Gasteiger partial charge < -0.3 is 9.64 Å². The fraction of sp³-hybridized carbons (Fsp3) is 0.250. The van der Waals surface area contributed by atoms with Crippen molar-refractivity contribution in [1.82, 2.24) is 24.4 Å². The Balaban J connectivity index is 1.56. The average Bonchev–Trinajstić information content (AvgIpc) is 3.23. The SMILES string of the molecule is Cc1cccc(-c2cnc(-n3cc(S(C)=O)c4ccc(C(=O)N5CCOCC5)cc43)nc2)n1. The summed E-state index contributed by atoms with van der Waals surface area (Å²) >= 11 is 0. The Labute approximate surface area is 193 Å². The van der Waals surface area contributed by atoms with Crippen LogP contribution in [0.5, 0.6) is 0 Å². The molecule has 0 N–H and O–H groups in total. The first kappa shape index (κ1) is 21.4. The number of hydrogen-bond donors (Lipinski definition) is 0. The number of nitrogens with zero attached hydrogens (tertiary/aromatic N) is 5. The number of pyridine rings is 1. The Kier molecular flexibility index (Phi) is 5.74. The summed E-state index contributed by atoms with van der Waals surface area (Å²) in [4.78, 5) is 29.1. The zero-order valence-electron chi connectivity index (χ0n) is 18.4. The second-order valence-corrected chi connectivity index (χ2v) is 9.24. The number of rotatable bonds is 4. The summed E-state index contributed by atoms with van der Waals surface area (Å²) in [6.45, 7) is 4.16. The third-order valence-corrected chi connectivity index (χ3v) is 6.61. The largest absolute Gasteiger partial charge is 0.378 e. The topological polar surface area (TPSA) is 90.2 Å². The second-order valence-electron chi connectivity index (χ2n) is 7.89. The number of morpholine rings is 1. The summed E-state index contributed by atoms with van der Waals surface area (Å²) in [5.41, 5.74) is 3.83. The quantitative estimate of drug-likeness (QED) is 0.464. The van der Waals surface area contributed by atoms with Crippen molar-refractivity contribution >= 4 is 27.6 Å². The number of aromatic nitrogens is 4. The molecule has 8 nitrogen and oxygen atoms in total. The van der Waals surface area contributed by atoms with E-state index in [2.05, 4.69) is 15.0 Å². The molecule has 1 fully saturated rings. The lowest BCUT2D eigenvalue weighted by Crippen LogP contribution is -2.40. The van der Waals surface area contributed by atoms with Gasteiger partial charge in [0.15, 0.2) is 0 Å². The number of fused-ring (bicyclic) bond motifs is 1. The maximum Gasteiger partial charge on any atom is 0.254 e. The monoisotopic (exact) mass is 461 g/mol. The van der Waals surface area contributed by atoms with E-state index in [1.54, 1.807) is 40.4 Å². The van der Waals surface area contributed by atoms with Crippen LogP contribution in [0.3, 0.4) is 0 Å². The molecule has 1 saturated heterocycles. The summed E-state index contributed by atoms with van der Waals surface area (Å²) in [6.07, 6.45) is 6.87. The number of benzene rings is 1. The van der Waals surface area contributed by atoms with E-state index < -0.39 is 10.8 Å². The van der Waals surface area contributed by atoms with Crippen LogP contribution in [0.1, 0.15) is 16.1 Å². The lowest BCUT2D eigenvalue weighted by Gasteiger charge is -2.26. The van der Waals surface area contributed by atoms with Crippen LogP contribution in [-0.2, 0) is 15.5 Å². The summed E-state index contributed by atoms with van der Waals surface area (Å²) in [7, 11) is -1.21. The number of hydrogen-bond acceptors (Lipinski definition) is 6. The average molecular weight is 462 g/mol. The maximum absolute atomic E-state index is 13.0. The molecule has 0 aliphatic carbocycles. The first-order chi connectivity index (χ1) is 16.0. The van der Waals surface area contributed by atoms with E-state index in [0.717, 1.165) is 27.9 Å². The van der Waals surface area contributed by atoms with Gasteiger partial charge in [0, 0.05) is 60.1 Å². The Morgan fingerprint density at radius 3 is 2.55 bits per heavy atom. The highest BCUT2D eigenvalue weighted by Crippen LogP contribution is 2.28. The minimum Gasteiger partial charge on any atom is -0.378 e. The van der Waals surface area contributed by atoms with Crippen molar-refractivity contribution in [1.29, 1.82) is 0 Å². The van der Waals surface area contributed by atoms with Crippen LogP contribution in [0.15, 0.2) is 59.9 Å². The molecule has 168 valence electrons. The molecule has 0 spiro atoms. The Morgan fingerprint density at radius 2 is 1.85 bits per heavy atom. The number of carbonyl (C=O) groups is 1. The van der Waals surface area contributed by atoms with Crippen LogP contribution >= 0.6 is 0 Å². The number of ether oxygens (including phenoxy) is 1. The standard InChI is InChI=1S/C24H23N5O3S/c1-16-4-3-5-20(27-16)18-13-25-24(26-14-18)29-15-22(33(2)31)19-7-6-17(12-21(19)29)23(30)28-8-10-32-11-9-28/h3-7,12-15H,8-11H2,1-2H3. The molecule has 4 heterocycles. The molecule has 1 aliphatic heterocycles. The third-order valence-electron chi connectivity index (χ3n) is 5.66. The van der Waals surface area contributed by atoms with Crippen LogP contribution < -0.4 is 0 Å². The van der Waals surface area contributed by atoms with Gasteiger partial charge in [0.05, 0.1) is 40.1 Å². The molecule has 1 aromatic carbocycles. The molecular weight excluding hydrogens is 438 g/mol. The van der Waals surface area contributed by atoms with E-state index in [-0.39, 0.29) is 5.91 Å². The van der Waals surface area contributed by atoms with Crippen molar-refractivity contribution in [3.63, 3.8) is 0 Å².